The lowest BCUT2D eigenvalue weighted by Gasteiger charge is -2.11. The Morgan fingerprint density at radius 3 is 1.56 bits per heavy atom. The third-order valence-electron chi connectivity index (χ3n) is 2.79. The Morgan fingerprint density at radius 2 is 1.25 bits per heavy atom. The van der Waals surface area contributed by atoms with Crippen LogP contribution in [-0.2, 0) is 0 Å². The molecule has 2 aromatic rings. The van der Waals surface area contributed by atoms with Gasteiger partial charge in [0.1, 0.15) is 3.14 Å². The summed E-state index contributed by atoms with van der Waals surface area (Å²) < 4.78 is 3.87. The number of rotatable bonds is 2. The first-order chi connectivity index (χ1) is 7.50. The highest BCUT2D eigenvalue weighted by atomic mass is 32.2. The van der Waals surface area contributed by atoms with Gasteiger partial charge in [0.15, 0.2) is 0 Å². The molecule has 3 heteroatoms. The lowest BCUT2D eigenvalue weighted by Crippen LogP contribution is -1.92. The Bertz CT molecular complexity index is 510. The molecule has 1 heterocycles. The Balaban J connectivity index is 2.81. The molecule has 0 radical (unpaired) electrons. The molecule has 0 saturated carbocycles. The van der Waals surface area contributed by atoms with E-state index in [1.807, 2.05) is 0 Å². The summed E-state index contributed by atoms with van der Waals surface area (Å²) in [5, 5.41) is 0. The van der Waals surface area contributed by atoms with Gasteiger partial charge >= 0.3 is 0 Å². The molecule has 0 spiro atoms. The van der Waals surface area contributed by atoms with Gasteiger partial charge in [-0.15, -0.1) is 22.7 Å². The molecule has 0 aliphatic carbocycles. The monoisotopic (exact) mass is 268 g/mol. The van der Waals surface area contributed by atoms with Gasteiger partial charge in [0, 0.05) is 0 Å². The van der Waals surface area contributed by atoms with Crippen LogP contribution in [0, 0.1) is 3.14 Å². The summed E-state index contributed by atoms with van der Waals surface area (Å²) in [5.41, 5.74) is 2.88. The van der Waals surface area contributed by atoms with Gasteiger partial charge in [-0.25, -0.2) is 0 Å². The van der Waals surface area contributed by atoms with E-state index in [-0.39, 0.29) is 0 Å². The molecule has 16 heavy (non-hydrogen) atoms. The first-order valence-corrected chi connectivity index (χ1v) is 7.61. The van der Waals surface area contributed by atoms with Crippen molar-refractivity contribution in [3.8, 4) is 0 Å². The normalized spacial score (nSPS) is 11.9. The average Bonchev–Trinajstić information content (AvgIpc) is 2.56. The minimum absolute atomic E-state index is 0.573. The van der Waals surface area contributed by atoms with E-state index in [1.54, 1.807) is 22.7 Å². The molecular weight excluding hydrogens is 252 g/mol. The zero-order valence-electron chi connectivity index (χ0n) is 10.0. The highest BCUT2D eigenvalue weighted by molar-refractivity contribution is 7.77. The lowest BCUT2D eigenvalue weighted by atomic mass is 9.97. The second kappa shape index (κ2) is 4.55. The van der Waals surface area contributed by atoms with Crippen LogP contribution in [-0.4, -0.2) is 0 Å². The summed E-state index contributed by atoms with van der Waals surface area (Å²) in [6.07, 6.45) is 0. The minimum Gasteiger partial charge on any atom is -0.112 e. The summed E-state index contributed by atoms with van der Waals surface area (Å²) >= 11 is 8.89. The fourth-order valence-corrected chi connectivity index (χ4v) is 4.91. The summed E-state index contributed by atoms with van der Waals surface area (Å²) in [5.74, 6) is 1.15. The Kier molecular flexibility index (Phi) is 3.48. The SMILES string of the molecule is CC(C)c1ccc(C(C)C)c2sc(=S)sc12. The second-order valence-electron chi connectivity index (χ2n) is 4.67. The molecule has 0 nitrogen and oxygen atoms in total. The molecule has 0 bridgehead atoms. The fraction of sp³-hybridized carbons (Fsp3) is 0.462. The summed E-state index contributed by atoms with van der Waals surface area (Å²) in [6, 6.07) is 4.56. The first kappa shape index (κ1) is 12.2. The van der Waals surface area contributed by atoms with Crippen LogP contribution in [0.3, 0.4) is 0 Å². The van der Waals surface area contributed by atoms with E-state index in [2.05, 4.69) is 39.8 Å². The zero-order valence-corrected chi connectivity index (χ0v) is 12.5. The number of benzene rings is 1. The topological polar surface area (TPSA) is 0 Å². The zero-order chi connectivity index (χ0) is 11.9. The van der Waals surface area contributed by atoms with Crippen LogP contribution in [0.1, 0.15) is 50.7 Å². The molecule has 0 aliphatic rings. The summed E-state index contributed by atoms with van der Waals surface area (Å²) in [6.45, 7) is 8.99. The van der Waals surface area contributed by atoms with E-state index >= 15 is 0 Å². The highest BCUT2D eigenvalue weighted by Crippen LogP contribution is 2.38. The van der Waals surface area contributed by atoms with Crippen molar-refractivity contribution in [2.75, 3.05) is 0 Å². The van der Waals surface area contributed by atoms with Gasteiger partial charge < -0.3 is 0 Å². The van der Waals surface area contributed by atoms with Crippen molar-refractivity contribution in [1.29, 1.82) is 0 Å². The molecule has 0 unspecified atom stereocenters. The Morgan fingerprint density at radius 1 is 0.875 bits per heavy atom. The van der Waals surface area contributed by atoms with E-state index in [9.17, 15) is 0 Å². The Hall–Kier alpha value is -0.250. The second-order valence-corrected chi connectivity index (χ2v) is 7.89. The number of fused-ring (bicyclic) bond motifs is 1. The molecule has 1 aromatic carbocycles. The van der Waals surface area contributed by atoms with Crippen molar-refractivity contribution >= 4 is 44.3 Å². The average molecular weight is 268 g/mol. The third kappa shape index (κ3) is 2.08. The van der Waals surface area contributed by atoms with Crippen molar-refractivity contribution in [2.45, 2.75) is 39.5 Å². The van der Waals surface area contributed by atoms with Gasteiger partial charge in [-0.05, 0) is 23.0 Å². The predicted octanol–water partition coefficient (Wildman–Crippen LogP) is 5.94. The van der Waals surface area contributed by atoms with Crippen LogP contribution in [0.5, 0.6) is 0 Å². The summed E-state index contributed by atoms with van der Waals surface area (Å²) in [4.78, 5) is 0. The van der Waals surface area contributed by atoms with E-state index in [0.29, 0.717) is 11.8 Å². The molecule has 0 amide bonds. The maximum atomic E-state index is 5.34. The first-order valence-electron chi connectivity index (χ1n) is 5.57. The van der Waals surface area contributed by atoms with Crippen LogP contribution >= 0.6 is 34.9 Å². The van der Waals surface area contributed by atoms with Crippen molar-refractivity contribution < 1.29 is 0 Å². The van der Waals surface area contributed by atoms with E-state index in [0.717, 1.165) is 3.14 Å². The molecule has 0 saturated heterocycles. The van der Waals surface area contributed by atoms with Gasteiger partial charge in [0.05, 0.1) is 9.40 Å². The molecule has 0 aliphatic heterocycles. The highest BCUT2D eigenvalue weighted by Gasteiger charge is 2.13. The van der Waals surface area contributed by atoms with Gasteiger partial charge in [0.25, 0.3) is 0 Å². The van der Waals surface area contributed by atoms with Crippen molar-refractivity contribution in [3.63, 3.8) is 0 Å². The van der Waals surface area contributed by atoms with Gasteiger partial charge in [-0.2, -0.15) is 0 Å². The minimum atomic E-state index is 0.573. The van der Waals surface area contributed by atoms with Crippen LogP contribution in [0.25, 0.3) is 9.40 Å². The van der Waals surface area contributed by atoms with Crippen LogP contribution in [0.15, 0.2) is 12.1 Å². The summed E-state index contributed by atoms with van der Waals surface area (Å²) in [7, 11) is 0. The standard InChI is InChI=1S/C13H16S3/c1-7(2)9-5-6-10(8(3)4)12-11(9)15-13(14)16-12/h5-8H,1-4H3. The lowest BCUT2D eigenvalue weighted by molar-refractivity contribution is 0.862. The number of hydrogen-bond donors (Lipinski definition) is 0. The molecule has 86 valence electrons. The quantitative estimate of drug-likeness (QED) is 0.607. The molecule has 1 aromatic heterocycles. The molecule has 0 atom stereocenters. The van der Waals surface area contributed by atoms with Gasteiger partial charge in [-0.1, -0.05) is 52.0 Å². The Labute approximate surface area is 110 Å². The molecule has 0 fully saturated rings. The molecule has 2 rings (SSSR count). The van der Waals surface area contributed by atoms with Crippen LogP contribution in [0.2, 0.25) is 0 Å². The number of hydrogen-bond acceptors (Lipinski definition) is 3. The largest absolute Gasteiger partial charge is 0.144 e. The predicted molar refractivity (Wildman–Crippen MR) is 78.7 cm³/mol. The van der Waals surface area contributed by atoms with E-state index < -0.39 is 0 Å². The maximum absolute atomic E-state index is 5.34. The third-order valence-corrected chi connectivity index (χ3v) is 5.54. The smallest absolute Gasteiger partial charge is 0.112 e. The van der Waals surface area contributed by atoms with Crippen molar-refractivity contribution in [1.82, 2.24) is 0 Å². The van der Waals surface area contributed by atoms with Gasteiger partial charge in [-0.3, -0.25) is 0 Å². The fourth-order valence-electron chi connectivity index (χ4n) is 1.90. The van der Waals surface area contributed by atoms with Crippen LogP contribution in [0.4, 0.5) is 0 Å². The molecule has 0 N–H and O–H groups in total. The van der Waals surface area contributed by atoms with Crippen molar-refractivity contribution in [2.24, 2.45) is 0 Å². The maximum Gasteiger partial charge on any atom is 0.144 e. The van der Waals surface area contributed by atoms with Crippen LogP contribution < -0.4 is 0 Å². The van der Waals surface area contributed by atoms with Gasteiger partial charge in [0.2, 0.25) is 0 Å². The molecular formula is C13H16S3. The van der Waals surface area contributed by atoms with Crippen molar-refractivity contribution in [3.05, 3.63) is 26.4 Å². The van der Waals surface area contributed by atoms with E-state index in [4.69, 9.17) is 12.2 Å². The van der Waals surface area contributed by atoms with E-state index in [1.165, 1.54) is 20.5 Å².